The minimum absolute atomic E-state index is 0.148. The molecule has 0 aliphatic rings. The molecule has 0 saturated heterocycles. The molecule has 2 N–H and O–H groups in total. The van der Waals surface area contributed by atoms with Gasteiger partial charge in [0.15, 0.2) is 0 Å². The highest BCUT2D eigenvalue weighted by Crippen LogP contribution is 2.31. The average Bonchev–Trinajstić information content (AvgIpc) is 2.61. The molecule has 3 heterocycles. The second-order valence-corrected chi connectivity index (χ2v) is 5.09. The normalized spacial score (nSPS) is 11.2. The summed E-state index contributed by atoms with van der Waals surface area (Å²) in [5.41, 5.74) is 7.89. The van der Waals surface area contributed by atoms with Crippen molar-refractivity contribution in [2.24, 2.45) is 5.73 Å². The van der Waals surface area contributed by atoms with Crippen LogP contribution < -0.4 is 10.5 Å². The van der Waals surface area contributed by atoms with E-state index in [9.17, 15) is 8.78 Å². The van der Waals surface area contributed by atoms with Crippen LogP contribution in [0.25, 0.3) is 22.2 Å². The van der Waals surface area contributed by atoms with Crippen LogP contribution in [0.1, 0.15) is 24.7 Å². The van der Waals surface area contributed by atoms with Crippen LogP contribution in [0.5, 0.6) is 5.88 Å². The van der Waals surface area contributed by atoms with Crippen LogP contribution >= 0.6 is 0 Å². The van der Waals surface area contributed by atoms with E-state index in [4.69, 9.17) is 10.5 Å². The van der Waals surface area contributed by atoms with Gasteiger partial charge in [0.2, 0.25) is 5.88 Å². The molecule has 3 aromatic heterocycles. The first-order chi connectivity index (χ1) is 11.6. The molecular weight excluding hydrogens is 314 g/mol. The number of ether oxygens (including phenoxy) is 1. The summed E-state index contributed by atoms with van der Waals surface area (Å²) in [7, 11) is 0. The van der Waals surface area contributed by atoms with Gasteiger partial charge in [-0.1, -0.05) is 0 Å². The van der Waals surface area contributed by atoms with Crippen LogP contribution in [0.3, 0.4) is 0 Å². The van der Waals surface area contributed by atoms with E-state index in [-0.39, 0.29) is 11.6 Å². The summed E-state index contributed by atoms with van der Waals surface area (Å²) < 4.78 is 31.1. The highest BCUT2D eigenvalue weighted by molar-refractivity contribution is 5.81. The fourth-order valence-corrected chi connectivity index (χ4v) is 2.34. The van der Waals surface area contributed by atoms with Gasteiger partial charge in [0.1, 0.15) is 5.69 Å². The van der Waals surface area contributed by atoms with Crippen molar-refractivity contribution in [2.45, 2.75) is 19.9 Å². The standard InChI is InChI=1S/C17H16F2N4O/c1-2-24-17-12(4-6-14(23-17)16(18)19)13-5-3-10-9-21-11(8-20)7-15(10)22-13/h3-7,9,16H,2,8,20H2,1H3. The molecule has 0 spiro atoms. The maximum atomic E-state index is 12.9. The second kappa shape index (κ2) is 6.84. The van der Waals surface area contributed by atoms with Crippen molar-refractivity contribution in [2.75, 3.05) is 6.61 Å². The van der Waals surface area contributed by atoms with Crippen LogP contribution in [-0.4, -0.2) is 21.6 Å². The molecule has 0 bridgehead atoms. The quantitative estimate of drug-likeness (QED) is 0.775. The minimum atomic E-state index is -2.65. The number of nitrogens with two attached hydrogens (primary N) is 1. The van der Waals surface area contributed by atoms with Gasteiger partial charge < -0.3 is 10.5 Å². The van der Waals surface area contributed by atoms with Gasteiger partial charge >= 0.3 is 0 Å². The highest BCUT2D eigenvalue weighted by Gasteiger charge is 2.16. The fourth-order valence-electron chi connectivity index (χ4n) is 2.34. The Bertz CT molecular complexity index is 870. The summed E-state index contributed by atoms with van der Waals surface area (Å²) in [6.07, 6.45) is -0.948. The van der Waals surface area contributed by atoms with E-state index in [1.807, 2.05) is 6.07 Å². The van der Waals surface area contributed by atoms with E-state index in [2.05, 4.69) is 15.0 Å². The third-order valence-corrected chi connectivity index (χ3v) is 3.50. The zero-order valence-electron chi connectivity index (χ0n) is 13.0. The zero-order valence-corrected chi connectivity index (χ0v) is 13.0. The molecule has 7 heteroatoms. The van der Waals surface area contributed by atoms with E-state index in [1.165, 1.54) is 6.07 Å². The summed E-state index contributed by atoms with van der Waals surface area (Å²) in [5, 5.41) is 0.867. The van der Waals surface area contributed by atoms with Gasteiger partial charge in [-0.05, 0) is 37.3 Å². The lowest BCUT2D eigenvalue weighted by molar-refractivity contribution is 0.144. The maximum Gasteiger partial charge on any atom is 0.280 e. The number of hydrogen-bond acceptors (Lipinski definition) is 5. The maximum absolute atomic E-state index is 12.9. The van der Waals surface area contributed by atoms with Crippen molar-refractivity contribution >= 4 is 10.9 Å². The molecule has 0 aromatic carbocycles. The monoisotopic (exact) mass is 330 g/mol. The molecule has 0 amide bonds. The predicted octanol–water partition coefficient (Wildman–Crippen LogP) is 3.49. The first-order valence-corrected chi connectivity index (χ1v) is 7.50. The van der Waals surface area contributed by atoms with Gasteiger partial charge in [0.05, 0.1) is 29.1 Å². The largest absolute Gasteiger partial charge is 0.477 e. The van der Waals surface area contributed by atoms with Gasteiger partial charge in [-0.25, -0.2) is 18.7 Å². The van der Waals surface area contributed by atoms with Crippen LogP contribution in [0.4, 0.5) is 8.78 Å². The number of nitrogens with zero attached hydrogens (tertiary/aromatic N) is 3. The first-order valence-electron chi connectivity index (χ1n) is 7.50. The van der Waals surface area contributed by atoms with E-state index >= 15 is 0 Å². The Morgan fingerprint density at radius 1 is 1.17 bits per heavy atom. The molecule has 0 radical (unpaired) electrons. The van der Waals surface area contributed by atoms with Crippen molar-refractivity contribution in [1.29, 1.82) is 0 Å². The Kier molecular flexibility index (Phi) is 4.61. The Morgan fingerprint density at radius 3 is 2.71 bits per heavy atom. The molecule has 5 nitrogen and oxygen atoms in total. The molecule has 0 fully saturated rings. The molecule has 0 saturated carbocycles. The Morgan fingerprint density at radius 2 is 2.00 bits per heavy atom. The van der Waals surface area contributed by atoms with E-state index < -0.39 is 6.43 Å². The number of pyridine rings is 3. The van der Waals surface area contributed by atoms with Crippen molar-refractivity contribution in [3.05, 3.63) is 47.9 Å². The molecule has 0 unspecified atom stereocenters. The van der Waals surface area contributed by atoms with Gasteiger partial charge in [-0.2, -0.15) is 0 Å². The number of halogens is 2. The smallest absolute Gasteiger partial charge is 0.280 e. The summed E-state index contributed by atoms with van der Waals surface area (Å²) in [4.78, 5) is 12.7. The second-order valence-electron chi connectivity index (χ2n) is 5.09. The van der Waals surface area contributed by atoms with Crippen molar-refractivity contribution in [1.82, 2.24) is 15.0 Å². The van der Waals surface area contributed by atoms with E-state index in [0.717, 1.165) is 16.6 Å². The van der Waals surface area contributed by atoms with Gasteiger partial charge in [-0.3, -0.25) is 4.98 Å². The number of hydrogen-bond donors (Lipinski definition) is 1. The SMILES string of the molecule is CCOc1nc(C(F)F)ccc1-c1ccc2cnc(CN)cc2n1. The van der Waals surface area contributed by atoms with Crippen LogP contribution in [0.2, 0.25) is 0 Å². The Balaban J connectivity index is 2.11. The topological polar surface area (TPSA) is 73.9 Å². The lowest BCUT2D eigenvalue weighted by atomic mass is 10.1. The Hall–Kier alpha value is -2.67. The number of alkyl halides is 2. The fraction of sp³-hybridized carbons (Fsp3) is 0.235. The van der Waals surface area contributed by atoms with Crippen LogP contribution in [0.15, 0.2) is 36.5 Å². The van der Waals surface area contributed by atoms with E-state index in [1.54, 1.807) is 31.3 Å². The highest BCUT2D eigenvalue weighted by atomic mass is 19.3. The van der Waals surface area contributed by atoms with Gasteiger partial charge in [-0.15, -0.1) is 0 Å². The van der Waals surface area contributed by atoms with Crippen molar-refractivity contribution < 1.29 is 13.5 Å². The summed E-state index contributed by atoms with van der Waals surface area (Å²) in [6, 6.07) is 8.29. The van der Waals surface area contributed by atoms with Gasteiger partial charge in [0.25, 0.3) is 6.43 Å². The molecule has 0 atom stereocenters. The van der Waals surface area contributed by atoms with E-state index in [0.29, 0.717) is 24.4 Å². The lowest BCUT2D eigenvalue weighted by Crippen LogP contribution is -2.02. The minimum Gasteiger partial charge on any atom is -0.477 e. The molecule has 0 aliphatic carbocycles. The first kappa shape index (κ1) is 16.2. The molecule has 3 aromatic rings. The molecule has 24 heavy (non-hydrogen) atoms. The van der Waals surface area contributed by atoms with Crippen LogP contribution in [-0.2, 0) is 6.54 Å². The summed E-state index contributed by atoms with van der Waals surface area (Å²) >= 11 is 0. The summed E-state index contributed by atoms with van der Waals surface area (Å²) in [6.45, 7) is 2.41. The Labute approximate surface area is 137 Å². The third-order valence-electron chi connectivity index (χ3n) is 3.50. The zero-order chi connectivity index (χ0) is 17.1. The van der Waals surface area contributed by atoms with Crippen molar-refractivity contribution in [3.8, 4) is 17.1 Å². The number of rotatable bonds is 5. The summed E-state index contributed by atoms with van der Waals surface area (Å²) in [5.74, 6) is 0.148. The van der Waals surface area contributed by atoms with Crippen LogP contribution in [0, 0.1) is 0 Å². The lowest BCUT2D eigenvalue weighted by Gasteiger charge is -2.11. The number of fused-ring (bicyclic) bond motifs is 1. The average molecular weight is 330 g/mol. The molecule has 124 valence electrons. The predicted molar refractivity (Wildman–Crippen MR) is 86.8 cm³/mol. The number of aromatic nitrogens is 3. The molecule has 3 rings (SSSR count). The molecule has 0 aliphatic heterocycles. The van der Waals surface area contributed by atoms with Gasteiger partial charge in [0, 0.05) is 18.1 Å². The van der Waals surface area contributed by atoms with Crippen molar-refractivity contribution in [3.63, 3.8) is 0 Å². The third kappa shape index (κ3) is 3.16. The molecular formula is C17H16F2N4O.